The number of nitriles is 1. The molecule has 7 nitrogen and oxygen atoms in total. The van der Waals surface area contributed by atoms with E-state index in [1.807, 2.05) is 22.9 Å². The summed E-state index contributed by atoms with van der Waals surface area (Å²) in [5, 5.41) is 17.4. The van der Waals surface area contributed by atoms with Crippen LogP contribution in [0.25, 0.3) is 16.1 Å². The minimum absolute atomic E-state index is 0.201. The highest BCUT2D eigenvalue weighted by Crippen LogP contribution is 2.35. The van der Waals surface area contributed by atoms with Crippen LogP contribution in [0.2, 0.25) is 0 Å². The number of aromatic nitrogens is 1. The maximum absolute atomic E-state index is 12.5. The zero-order valence-corrected chi connectivity index (χ0v) is 19.5. The molecule has 0 aromatic carbocycles. The van der Waals surface area contributed by atoms with Gasteiger partial charge in [0.15, 0.2) is 0 Å². The summed E-state index contributed by atoms with van der Waals surface area (Å²) < 4.78 is 10.2. The molecule has 0 atom stereocenters. The number of nitrogens with zero attached hydrogens (tertiary/aromatic N) is 2. The van der Waals surface area contributed by atoms with E-state index in [9.17, 15) is 14.9 Å². The Bertz CT molecular complexity index is 1150. The smallest absolute Gasteiger partial charge is 0.348 e. The lowest BCUT2D eigenvalue weighted by atomic mass is 10.1. The van der Waals surface area contributed by atoms with E-state index in [-0.39, 0.29) is 18.8 Å². The van der Waals surface area contributed by atoms with Crippen molar-refractivity contribution in [1.29, 1.82) is 5.26 Å². The fourth-order valence-electron chi connectivity index (χ4n) is 2.67. The summed E-state index contributed by atoms with van der Waals surface area (Å²) >= 11 is 4.01. The van der Waals surface area contributed by atoms with Crippen molar-refractivity contribution in [2.45, 2.75) is 20.8 Å². The molecule has 0 saturated carbocycles. The van der Waals surface area contributed by atoms with Crippen LogP contribution >= 0.6 is 34.0 Å². The molecule has 0 bridgehead atoms. The largest absolute Gasteiger partial charge is 0.462 e. The van der Waals surface area contributed by atoms with Gasteiger partial charge in [-0.15, -0.1) is 34.0 Å². The summed E-state index contributed by atoms with van der Waals surface area (Å²) in [7, 11) is 0. The Balaban J connectivity index is 1.93. The molecule has 10 heteroatoms. The van der Waals surface area contributed by atoms with Crippen LogP contribution in [0.4, 0.5) is 5.00 Å². The number of hydrogen-bond acceptors (Lipinski definition) is 10. The lowest BCUT2D eigenvalue weighted by Crippen LogP contribution is -2.09. The third-order valence-corrected chi connectivity index (χ3v) is 7.03. The molecule has 3 heterocycles. The number of rotatable bonds is 8. The number of thiophene rings is 2. The van der Waals surface area contributed by atoms with Gasteiger partial charge in [-0.3, -0.25) is 0 Å². The second-order valence-electron chi connectivity index (χ2n) is 6.03. The van der Waals surface area contributed by atoms with Crippen molar-refractivity contribution >= 4 is 56.5 Å². The Labute approximate surface area is 191 Å². The first-order chi connectivity index (χ1) is 15.0. The molecule has 0 amide bonds. The van der Waals surface area contributed by atoms with Gasteiger partial charge in [-0.1, -0.05) is 6.07 Å². The molecule has 3 aromatic heterocycles. The minimum atomic E-state index is -0.546. The Kier molecular flexibility index (Phi) is 7.57. The molecule has 0 aliphatic carbocycles. The van der Waals surface area contributed by atoms with Crippen LogP contribution in [0.3, 0.4) is 0 Å². The van der Waals surface area contributed by atoms with Gasteiger partial charge in [0.2, 0.25) is 0 Å². The number of hydrogen-bond donors (Lipinski definition) is 1. The first-order valence-corrected chi connectivity index (χ1v) is 11.9. The van der Waals surface area contributed by atoms with Crippen molar-refractivity contribution in [1.82, 2.24) is 4.98 Å². The molecule has 0 unspecified atom stereocenters. The van der Waals surface area contributed by atoms with E-state index in [2.05, 4.69) is 16.4 Å². The van der Waals surface area contributed by atoms with Crippen molar-refractivity contribution in [2.75, 3.05) is 18.5 Å². The van der Waals surface area contributed by atoms with E-state index in [1.54, 1.807) is 32.1 Å². The summed E-state index contributed by atoms with van der Waals surface area (Å²) in [4.78, 5) is 30.6. The van der Waals surface area contributed by atoms with E-state index in [4.69, 9.17) is 9.47 Å². The Morgan fingerprint density at radius 2 is 1.97 bits per heavy atom. The zero-order chi connectivity index (χ0) is 22.4. The number of allylic oxidation sites excluding steroid dienone is 1. The van der Waals surface area contributed by atoms with Crippen LogP contribution < -0.4 is 5.32 Å². The van der Waals surface area contributed by atoms with Gasteiger partial charge in [-0.2, -0.15) is 5.26 Å². The maximum Gasteiger partial charge on any atom is 0.348 e. The van der Waals surface area contributed by atoms with Gasteiger partial charge in [0.1, 0.15) is 26.5 Å². The number of nitrogens with one attached hydrogen (secondary N) is 1. The highest BCUT2D eigenvalue weighted by Gasteiger charge is 2.26. The van der Waals surface area contributed by atoms with Gasteiger partial charge in [0, 0.05) is 11.6 Å². The van der Waals surface area contributed by atoms with Crippen LogP contribution in [0.5, 0.6) is 0 Å². The Morgan fingerprint density at radius 1 is 1.23 bits per heavy atom. The van der Waals surface area contributed by atoms with Crippen LogP contribution in [0.1, 0.15) is 44.4 Å². The second-order valence-corrected chi connectivity index (χ2v) is 8.86. The van der Waals surface area contributed by atoms with E-state index in [0.717, 1.165) is 21.9 Å². The van der Waals surface area contributed by atoms with Crippen molar-refractivity contribution in [2.24, 2.45) is 0 Å². The monoisotopic (exact) mass is 473 g/mol. The molecule has 3 aromatic rings. The molecule has 0 spiro atoms. The van der Waals surface area contributed by atoms with Gasteiger partial charge in [-0.25, -0.2) is 14.6 Å². The third kappa shape index (κ3) is 5.02. The van der Waals surface area contributed by atoms with Crippen molar-refractivity contribution in [3.63, 3.8) is 0 Å². The van der Waals surface area contributed by atoms with Gasteiger partial charge in [0.25, 0.3) is 0 Å². The molecule has 0 saturated heterocycles. The summed E-state index contributed by atoms with van der Waals surface area (Å²) in [6.45, 7) is 5.52. The van der Waals surface area contributed by atoms with E-state index in [0.29, 0.717) is 26.0 Å². The summed E-state index contributed by atoms with van der Waals surface area (Å²) in [5.41, 5.74) is 1.85. The highest BCUT2D eigenvalue weighted by atomic mass is 32.1. The molecule has 3 rings (SSSR count). The number of anilines is 1. The van der Waals surface area contributed by atoms with E-state index in [1.165, 1.54) is 17.5 Å². The molecule has 0 fully saturated rings. The van der Waals surface area contributed by atoms with Gasteiger partial charge in [0.05, 0.1) is 29.3 Å². The summed E-state index contributed by atoms with van der Waals surface area (Å²) in [5.74, 6) is -1.05. The third-order valence-electron chi connectivity index (χ3n) is 4.06. The van der Waals surface area contributed by atoms with Crippen molar-refractivity contribution in [3.05, 3.63) is 50.1 Å². The standard InChI is InChI=1S/C21H19N3O4S3/c1-4-27-20(25)16-12(3)17(21(26)28-5-2)31-19(16)23-10-13(9-22)18-24-14(11-30-18)15-7-6-8-29-15/h6-8,10-11,23H,4-5H2,1-3H3/b13-10-. The molecule has 160 valence electrons. The molecular formula is C21H19N3O4S3. The fraction of sp³-hybridized carbons (Fsp3) is 0.238. The normalized spacial score (nSPS) is 11.1. The highest BCUT2D eigenvalue weighted by molar-refractivity contribution is 7.18. The molecule has 1 N–H and O–H groups in total. The molecule has 0 aliphatic heterocycles. The molecule has 0 aliphatic rings. The molecular weight excluding hydrogens is 454 g/mol. The minimum Gasteiger partial charge on any atom is -0.462 e. The predicted molar refractivity (Wildman–Crippen MR) is 124 cm³/mol. The number of carbonyl (C=O) groups excluding carboxylic acids is 2. The average molecular weight is 474 g/mol. The SMILES string of the molecule is CCOC(=O)c1sc(N/C=C(/C#N)c2nc(-c3cccs3)cs2)c(C(=O)OCC)c1C. The van der Waals surface area contributed by atoms with E-state index < -0.39 is 11.9 Å². The van der Waals surface area contributed by atoms with Crippen LogP contribution in [-0.4, -0.2) is 30.1 Å². The van der Waals surface area contributed by atoms with Gasteiger partial charge >= 0.3 is 11.9 Å². The van der Waals surface area contributed by atoms with E-state index >= 15 is 0 Å². The Hall–Kier alpha value is -3.00. The first kappa shape index (κ1) is 22.7. The second kappa shape index (κ2) is 10.3. The topological polar surface area (TPSA) is 101 Å². The van der Waals surface area contributed by atoms with Gasteiger partial charge in [-0.05, 0) is 37.8 Å². The van der Waals surface area contributed by atoms with Gasteiger partial charge < -0.3 is 14.8 Å². The van der Waals surface area contributed by atoms with Crippen molar-refractivity contribution in [3.8, 4) is 16.6 Å². The predicted octanol–water partition coefficient (Wildman–Crippen LogP) is 5.57. The molecule has 0 radical (unpaired) electrons. The number of carbonyl (C=O) groups is 2. The Morgan fingerprint density at radius 3 is 2.61 bits per heavy atom. The summed E-state index contributed by atoms with van der Waals surface area (Å²) in [6, 6.07) is 6.04. The molecule has 31 heavy (non-hydrogen) atoms. The van der Waals surface area contributed by atoms with Crippen LogP contribution in [0, 0.1) is 18.3 Å². The van der Waals surface area contributed by atoms with Crippen LogP contribution in [0.15, 0.2) is 29.1 Å². The van der Waals surface area contributed by atoms with Crippen LogP contribution in [-0.2, 0) is 9.47 Å². The number of ether oxygens (including phenoxy) is 2. The fourth-order valence-corrected chi connectivity index (χ4v) is 5.27. The number of esters is 2. The quantitative estimate of drug-likeness (QED) is 0.337. The lowest BCUT2D eigenvalue weighted by Gasteiger charge is -2.05. The zero-order valence-electron chi connectivity index (χ0n) is 17.1. The lowest BCUT2D eigenvalue weighted by molar-refractivity contribution is 0.0527. The number of thiazole rings is 1. The average Bonchev–Trinajstić information content (AvgIpc) is 3.49. The summed E-state index contributed by atoms with van der Waals surface area (Å²) in [6.07, 6.45) is 1.49. The maximum atomic E-state index is 12.5. The first-order valence-electron chi connectivity index (χ1n) is 9.34. The van der Waals surface area contributed by atoms with Crippen molar-refractivity contribution < 1.29 is 19.1 Å².